The van der Waals surface area contributed by atoms with Crippen LogP contribution in [0, 0.1) is 0 Å². The second kappa shape index (κ2) is 13.6. The van der Waals surface area contributed by atoms with Crippen molar-refractivity contribution in [2.24, 2.45) is 0 Å². The van der Waals surface area contributed by atoms with Gasteiger partial charge in [-0.25, -0.2) is 8.42 Å². The molecule has 0 aromatic heterocycles. The van der Waals surface area contributed by atoms with E-state index in [4.69, 9.17) is 27.9 Å². The first kappa shape index (κ1) is 30.7. The van der Waals surface area contributed by atoms with Crippen LogP contribution in [0.5, 0.6) is 5.75 Å². The molecule has 3 aromatic rings. The van der Waals surface area contributed by atoms with E-state index in [1.807, 2.05) is 0 Å². The number of rotatable bonds is 11. The fourth-order valence-electron chi connectivity index (χ4n) is 4.81. The number of amides is 2. The number of benzene rings is 3. The largest absolute Gasteiger partial charge is 0.497 e. The number of halogens is 2. The smallest absolute Gasteiger partial charge is 0.264 e. The van der Waals surface area contributed by atoms with Gasteiger partial charge in [-0.3, -0.25) is 13.9 Å². The molecule has 11 heteroatoms. The zero-order valence-corrected chi connectivity index (χ0v) is 25.3. The van der Waals surface area contributed by atoms with E-state index in [1.54, 1.807) is 56.5 Å². The number of hydrogen-bond acceptors (Lipinski definition) is 5. The molecule has 3 aromatic carbocycles. The number of methoxy groups -OCH3 is 1. The van der Waals surface area contributed by atoms with Crippen LogP contribution in [-0.4, -0.2) is 50.9 Å². The summed E-state index contributed by atoms with van der Waals surface area (Å²) in [4.78, 5) is 28.7. The lowest BCUT2D eigenvalue weighted by Crippen LogP contribution is -2.52. The minimum atomic E-state index is -4.24. The molecule has 1 saturated carbocycles. The van der Waals surface area contributed by atoms with Crippen molar-refractivity contribution >= 4 is 50.7 Å². The van der Waals surface area contributed by atoms with E-state index in [-0.39, 0.29) is 39.1 Å². The van der Waals surface area contributed by atoms with E-state index in [0.29, 0.717) is 5.75 Å². The fraction of sp³-hybridized carbons (Fsp3) is 0.333. The van der Waals surface area contributed by atoms with E-state index in [2.05, 4.69) is 5.32 Å². The van der Waals surface area contributed by atoms with Crippen molar-refractivity contribution in [1.82, 2.24) is 10.2 Å². The van der Waals surface area contributed by atoms with Gasteiger partial charge in [0.1, 0.15) is 18.3 Å². The van der Waals surface area contributed by atoms with Crippen LogP contribution in [0.2, 0.25) is 10.0 Å². The first-order valence-electron chi connectivity index (χ1n) is 13.4. The molecule has 1 N–H and O–H groups in total. The molecule has 1 atom stereocenters. The van der Waals surface area contributed by atoms with Gasteiger partial charge in [0.25, 0.3) is 10.0 Å². The predicted molar refractivity (Wildman–Crippen MR) is 161 cm³/mol. The van der Waals surface area contributed by atoms with Gasteiger partial charge in [-0.15, -0.1) is 0 Å². The van der Waals surface area contributed by atoms with E-state index < -0.39 is 28.5 Å². The molecular weight excluding hydrogens is 585 g/mol. The highest BCUT2D eigenvalue weighted by Gasteiger charge is 2.34. The SMILES string of the molecule is COc1ccc(CN(C(=O)CN(c2cc(Cl)ccc2Cl)S(=O)(=O)c2ccccc2)[C@H](C)C(=O)NC2CCCC2)cc1. The van der Waals surface area contributed by atoms with Crippen molar-refractivity contribution in [3.05, 3.63) is 88.4 Å². The van der Waals surface area contributed by atoms with Crippen LogP contribution < -0.4 is 14.4 Å². The lowest BCUT2D eigenvalue weighted by molar-refractivity contribution is -0.139. The molecular formula is C30H33Cl2N3O5S. The highest BCUT2D eigenvalue weighted by atomic mass is 35.5. The molecule has 4 rings (SSSR count). The summed E-state index contributed by atoms with van der Waals surface area (Å²) in [7, 11) is -2.68. The maximum Gasteiger partial charge on any atom is 0.264 e. The monoisotopic (exact) mass is 617 g/mol. The van der Waals surface area contributed by atoms with Gasteiger partial charge < -0.3 is 15.0 Å². The minimum Gasteiger partial charge on any atom is -0.497 e. The van der Waals surface area contributed by atoms with Crippen LogP contribution in [-0.2, 0) is 26.2 Å². The van der Waals surface area contributed by atoms with E-state index in [1.165, 1.54) is 35.2 Å². The van der Waals surface area contributed by atoms with Gasteiger partial charge in [0.2, 0.25) is 11.8 Å². The molecule has 0 heterocycles. The molecule has 0 radical (unpaired) electrons. The first-order valence-corrected chi connectivity index (χ1v) is 15.6. The lowest BCUT2D eigenvalue weighted by atomic mass is 10.1. The van der Waals surface area contributed by atoms with Crippen molar-refractivity contribution in [1.29, 1.82) is 0 Å². The Balaban J connectivity index is 1.70. The van der Waals surface area contributed by atoms with Crippen molar-refractivity contribution < 1.29 is 22.7 Å². The molecule has 0 unspecified atom stereocenters. The Hall–Kier alpha value is -3.27. The van der Waals surface area contributed by atoms with E-state index in [9.17, 15) is 18.0 Å². The second-order valence-corrected chi connectivity index (χ2v) is 12.7. The normalized spacial score (nSPS) is 14.3. The average molecular weight is 619 g/mol. The molecule has 1 aliphatic carbocycles. The maximum absolute atomic E-state index is 14.1. The van der Waals surface area contributed by atoms with E-state index in [0.717, 1.165) is 35.6 Å². The van der Waals surface area contributed by atoms with Crippen LogP contribution in [0.15, 0.2) is 77.7 Å². The number of nitrogens with one attached hydrogen (secondary N) is 1. The number of carbonyl (C=O) groups is 2. The maximum atomic E-state index is 14.1. The van der Waals surface area contributed by atoms with Gasteiger partial charge >= 0.3 is 0 Å². The molecule has 1 fully saturated rings. The third-order valence-electron chi connectivity index (χ3n) is 7.17. The number of ether oxygens (including phenoxy) is 1. The molecule has 0 saturated heterocycles. The number of nitrogens with zero attached hydrogens (tertiary/aromatic N) is 2. The van der Waals surface area contributed by atoms with Crippen LogP contribution in [0.25, 0.3) is 0 Å². The van der Waals surface area contributed by atoms with Crippen molar-refractivity contribution in [3.8, 4) is 5.75 Å². The quantitative estimate of drug-likeness (QED) is 0.299. The number of carbonyl (C=O) groups excluding carboxylic acids is 2. The van der Waals surface area contributed by atoms with Gasteiger partial charge in [0, 0.05) is 17.6 Å². The topological polar surface area (TPSA) is 96.0 Å². The van der Waals surface area contributed by atoms with Crippen LogP contribution >= 0.6 is 23.2 Å². The van der Waals surface area contributed by atoms with Gasteiger partial charge in [-0.2, -0.15) is 0 Å². The van der Waals surface area contributed by atoms with Gasteiger partial charge in [-0.05, 0) is 67.8 Å². The van der Waals surface area contributed by atoms with Crippen LogP contribution in [0.1, 0.15) is 38.2 Å². The van der Waals surface area contributed by atoms with Gasteiger partial charge in [0.05, 0.1) is 22.7 Å². The third kappa shape index (κ3) is 7.52. The summed E-state index contributed by atoms with van der Waals surface area (Å²) in [6.45, 7) is 1.12. The zero-order chi connectivity index (χ0) is 29.6. The Morgan fingerprint density at radius 1 is 1.00 bits per heavy atom. The molecule has 0 bridgehead atoms. The predicted octanol–water partition coefficient (Wildman–Crippen LogP) is 5.67. The highest BCUT2D eigenvalue weighted by molar-refractivity contribution is 7.92. The van der Waals surface area contributed by atoms with Crippen molar-refractivity contribution in [2.45, 2.75) is 56.1 Å². The van der Waals surface area contributed by atoms with E-state index >= 15 is 0 Å². The third-order valence-corrected chi connectivity index (χ3v) is 9.50. The summed E-state index contributed by atoms with van der Waals surface area (Å²) < 4.78 is 33.9. The molecule has 2 amide bonds. The van der Waals surface area contributed by atoms with Crippen LogP contribution in [0.4, 0.5) is 5.69 Å². The van der Waals surface area contributed by atoms with Crippen molar-refractivity contribution in [2.75, 3.05) is 18.0 Å². The number of sulfonamides is 1. The molecule has 218 valence electrons. The minimum absolute atomic E-state index is 0.0161. The molecule has 0 aliphatic heterocycles. The molecule has 0 spiro atoms. The summed E-state index contributed by atoms with van der Waals surface area (Å²) in [5.74, 6) is -0.225. The Morgan fingerprint density at radius 3 is 2.29 bits per heavy atom. The Morgan fingerprint density at radius 2 is 1.66 bits per heavy atom. The molecule has 1 aliphatic rings. The average Bonchev–Trinajstić information content (AvgIpc) is 3.49. The fourth-order valence-corrected chi connectivity index (χ4v) is 6.69. The molecule has 41 heavy (non-hydrogen) atoms. The summed E-state index contributed by atoms with van der Waals surface area (Å²) in [6, 6.07) is 18.5. The summed E-state index contributed by atoms with van der Waals surface area (Å²) in [5, 5.41) is 3.41. The lowest BCUT2D eigenvalue weighted by Gasteiger charge is -2.32. The van der Waals surface area contributed by atoms with Gasteiger partial charge in [0.15, 0.2) is 0 Å². The number of anilines is 1. The highest BCUT2D eigenvalue weighted by Crippen LogP contribution is 2.33. The van der Waals surface area contributed by atoms with Crippen molar-refractivity contribution in [3.63, 3.8) is 0 Å². The van der Waals surface area contributed by atoms with Crippen LogP contribution in [0.3, 0.4) is 0 Å². The second-order valence-electron chi connectivity index (χ2n) is 9.96. The zero-order valence-electron chi connectivity index (χ0n) is 22.9. The Labute approximate surface area is 251 Å². The van der Waals surface area contributed by atoms with Gasteiger partial charge in [-0.1, -0.05) is 66.4 Å². The summed E-state index contributed by atoms with van der Waals surface area (Å²) in [6.07, 6.45) is 3.86. The number of hydrogen-bond donors (Lipinski definition) is 1. The first-order chi connectivity index (χ1) is 19.6. The summed E-state index contributed by atoms with van der Waals surface area (Å²) in [5.41, 5.74) is 0.807. The Bertz CT molecular complexity index is 1460. The standard InChI is InChI=1S/C30H33Cl2N3O5S/c1-21(30(37)33-24-8-6-7-9-24)34(19-22-12-15-25(40-2)16-13-22)29(36)20-35(28-18-23(31)14-17-27(28)32)41(38,39)26-10-4-3-5-11-26/h3-5,10-18,21,24H,6-9,19-20H2,1-2H3,(H,33,37)/t21-/m1/s1. The Kier molecular flexibility index (Phi) is 10.2. The molecule has 8 nitrogen and oxygen atoms in total. The summed E-state index contributed by atoms with van der Waals surface area (Å²) >= 11 is 12.7.